The summed E-state index contributed by atoms with van der Waals surface area (Å²) in [5.41, 5.74) is 4.68. The number of rotatable bonds is 7. The molecule has 0 aliphatic carbocycles. The first-order chi connectivity index (χ1) is 7.58. The summed E-state index contributed by atoms with van der Waals surface area (Å²) in [6.07, 6.45) is 3.22. The van der Waals surface area contributed by atoms with Crippen molar-refractivity contribution in [3.63, 3.8) is 0 Å². The van der Waals surface area contributed by atoms with E-state index in [0.717, 1.165) is 16.5 Å². The Morgan fingerprint density at radius 1 is 1.75 bits per heavy atom. The van der Waals surface area contributed by atoms with E-state index in [0.29, 0.717) is 12.8 Å². The molecule has 1 aromatic rings. The third kappa shape index (κ3) is 3.73. The molecule has 5 nitrogen and oxygen atoms in total. The van der Waals surface area contributed by atoms with Gasteiger partial charge in [-0.15, -0.1) is 0 Å². The Bertz CT molecular complexity index is 332. The fraction of sp³-hybridized carbons (Fsp3) is 0.667. The van der Waals surface area contributed by atoms with Crippen molar-refractivity contribution in [2.45, 2.75) is 36.1 Å². The molecule has 0 fully saturated rings. The van der Waals surface area contributed by atoms with Crippen molar-refractivity contribution in [1.82, 2.24) is 9.36 Å². The van der Waals surface area contributed by atoms with E-state index >= 15 is 0 Å². The minimum atomic E-state index is -1.08. The number of hydrogen-bond acceptors (Lipinski definition) is 6. The van der Waals surface area contributed by atoms with E-state index in [9.17, 15) is 4.79 Å². The maximum Gasteiger partial charge on any atom is 0.323 e. The predicted molar refractivity (Wildman–Crippen MR) is 64.7 cm³/mol. The zero-order chi connectivity index (χ0) is 12.0. The quantitative estimate of drug-likeness (QED) is 0.572. The standard InChI is InChI=1S/C9H15N3O2S2/c1-2-9(10,7(13)14)4-3-5-15-8-11-6-12-16-8/h6H,2-5,10H2,1H3,(H,13,14). The van der Waals surface area contributed by atoms with E-state index in [-0.39, 0.29) is 0 Å². The van der Waals surface area contributed by atoms with Crippen LogP contribution in [-0.4, -0.2) is 31.7 Å². The molecule has 16 heavy (non-hydrogen) atoms. The first-order valence-electron chi connectivity index (χ1n) is 5.00. The third-order valence-corrected chi connectivity index (χ3v) is 4.27. The number of carboxylic acid groups (broad SMARTS) is 1. The lowest BCUT2D eigenvalue weighted by molar-refractivity contribution is -0.143. The van der Waals surface area contributed by atoms with Gasteiger partial charge in [-0.05, 0) is 30.8 Å². The van der Waals surface area contributed by atoms with Crippen LogP contribution in [-0.2, 0) is 4.79 Å². The van der Waals surface area contributed by atoms with Crippen molar-refractivity contribution in [1.29, 1.82) is 0 Å². The number of hydrogen-bond donors (Lipinski definition) is 2. The topological polar surface area (TPSA) is 89.1 Å². The van der Waals surface area contributed by atoms with Crippen LogP contribution >= 0.6 is 23.3 Å². The Morgan fingerprint density at radius 3 is 3.00 bits per heavy atom. The monoisotopic (exact) mass is 261 g/mol. The first kappa shape index (κ1) is 13.4. The molecule has 0 aliphatic rings. The second-order valence-electron chi connectivity index (χ2n) is 3.47. The van der Waals surface area contributed by atoms with Crippen LogP contribution in [0.25, 0.3) is 0 Å². The number of thioether (sulfide) groups is 1. The summed E-state index contributed by atoms with van der Waals surface area (Å²) in [6, 6.07) is 0. The second kappa shape index (κ2) is 6.17. The summed E-state index contributed by atoms with van der Waals surface area (Å²) in [5, 5.41) is 8.96. The van der Waals surface area contributed by atoms with Crippen LogP contribution in [0.2, 0.25) is 0 Å². The van der Waals surface area contributed by atoms with Crippen molar-refractivity contribution < 1.29 is 9.90 Å². The van der Waals surface area contributed by atoms with E-state index in [1.54, 1.807) is 18.7 Å². The van der Waals surface area contributed by atoms with Crippen LogP contribution in [0.1, 0.15) is 26.2 Å². The molecule has 1 aromatic heterocycles. The number of carbonyl (C=O) groups is 1. The molecular weight excluding hydrogens is 246 g/mol. The van der Waals surface area contributed by atoms with Gasteiger partial charge in [-0.1, -0.05) is 18.7 Å². The highest BCUT2D eigenvalue weighted by Gasteiger charge is 2.30. The smallest absolute Gasteiger partial charge is 0.323 e. The van der Waals surface area contributed by atoms with Gasteiger partial charge >= 0.3 is 5.97 Å². The summed E-state index contributed by atoms with van der Waals surface area (Å²) >= 11 is 2.93. The lowest BCUT2D eigenvalue weighted by Crippen LogP contribution is -2.47. The molecular formula is C9H15N3O2S2. The molecule has 0 saturated carbocycles. The van der Waals surface area contributed by atoms with E-state index in [1.807, 2.05) is 0 Å². The van der Waals surface area contributed by atoms with E-state index in [4.69, 9.17) is 10.8 Å². The summed E-state index contributed by atoms with van der Waals surface area (Å²) in [6.45, 7) is 1.80. The fourth-order valence-electron chi connectivity index (χ4n) is 1.21. The van der Waals surface area contributed by atoms with E-state index in [1.165, 1.54) is 17.9 Å². The minimum absolute atomic E-state index is 0.450. The largest absolute Gasteiger partial charge is 0.480 e. The molecule has 1 heterocycles. The number of carboxylic acids is 1. The highest BCUT2D eigenvalue weighted by atomic mass is 32.2. The molecule has 0 aromatic carbocycles. The zero-order valence-electron chi connectivity index (χ0n) is 9.05. The number of aliphatic carboxylic acids is 1. The van der Waals surface area contributed by atoms with Crippen LogP contribution in [0.5, 0.6) is 0 Å². The molecule has 90 valence electrons. The van der Waals surface area contributed by atoms with Crippen LogP contribution < -0.4 is 5.73 Å². The van der Waals surface area contributed by atoms with Crippen LogP contribution in [0.3, 0.4) is 0 Å². The van der Waals surface area contributed by atoms with Gasteiger partial charge in [0.15, 0.2) is 4.34 Å². The molecule has 1 rings (SSSR count). The lowest BCUT2D eigenvalue weighted by atomic mass is 9.92. The third-order valence-electron chi connectivity index (χ3n) is 2.39. The second-order valence-corrected chi connectivity index (χ2v) is 5.60. The van der Waals surface area contributed by atoms with Gasteiger partial charge in [0.1, 0.15) is 11.9 Å². The molecule has 3 N–H and O–H groups in total. The predicted octanol–water partition coefficient (Wildman–Crippen LogP) is 1.60. The van der Waals surface area contributed by atoms with Gasteiger partial charge in [0.2, 0.25) is 0 Å². The average Bonchev–Trinajstić information content (AvgIpc) is 2.76. The molecule has 0 bridgehead atoms. The van der Waals surface area contributed by atoms with Gasteiger partial charge in [-0.2, -0.15) is 4.37 Å². The number of nitrogens with zero attached hydrogens (tertiary/aromatic N) is 2. The van der Waals surface area contributed by atoms with Crippen LogP contribution in [0.4, 0.5) is 0 Å². The van der Waals surface area contributed by atoms with Crippen molar-refractivity contribution in [2.24, 2.45) is 5.73 Å². The molecule has 0 radical (unpaired) electrons. The van der Waals surface area contributed by atoms with Crippen molar-refractivity contribution in [3.05, 3.63) is 6.33 Å². The maximum atomic E-state index is 10.9. The highest BCUT2D eigenvalue weighted by molar-refractivity contribution is 8.00. The zero-order valence-corrected chi connectivity index (χ0v) is 10.7. The Hall–Kier alpha value is -0.660. The van der Waals surface area contributed by atoms with Crippen molar-refractivity contribution >= 4 is 29.3 Å². The highest BCUT2D eigenvalue weighted by Crippen LogP contribution is 2.22. The fourth-order valence-corrected chi connectivity index (χ4v) is 2.66. The molecule has 1 unspecified atom stereocenters. The maximum absolute atomic E-state index is 10.9. The van der Waals surface area contributed by atoms with E-state index in [2.05, 4.69) is 9.36 Å². The summed E-state index contributed by atoms with van der Waals surface area (Å²) in [4.78, 5) is 15.0. The minimum Gasteiger partial charge on any atom is -0.480 e. The lowest BCUT2D eigenvalue weighted by Gasteiger charge is -2.22. The first-order valence-corrected chi connectivity index (χ1v) is 6.76. The summed E-state index contributed by atoms with van der Waals surface area (Å²) < 4.78 is 4.80. The van der Waals surface area contributed by atoms with Crippen molar-refractivity contribution in [3.8, 4) is 0 Å². The molecule has 7 heteroatoms. The van der Waals surface area contributed by atoms with Gasteiger partial charge in [-0.25, -0.2) is 4.98 Å². The number of nitrogens with two attached hydrogens (primary N) is 1. The van der Waals surface area contributed by atoms with Crippen LogP contribution in [0, 0.1) is 0 Å². The Balaban J connectivity index is 2.26. The Kier molecular flexibility index (Phi) is 5.17. The van der Waals surface area contributed by atoms with Gasteiger partial charge in [0, 0.05) is 5.75 Å². The molecule has 0 amide bonds. The molecule has 0 aliphatic heterocycles. The average molecular weight is 261 g/mol. The van der Waals surface area contributed by atoms with Gasteiger partial charge < -0.3 is 10.8 Å². The van der Waals surface area contributed by atoms with Crippen molar-refractivity contribution in [2.75, 3.05) is 5.75 Å². The normalized spacial score (nSPS) is 14.6. The SMILES string of the molecule is CCC(N)(CCCSc1ncns1)C(=O)O. The van der Waals surface area contributed by atoms with Gasteiger partial charge in [0.05, 0.1) is 0 Å². The Morgan fingerprint density at radius 2 is 2.50 bits per heavy atom. The van der Waals surface area contributed by atoms with Gasteiger partial charge in [0.25, 0.3) is 0 Å². The van der Waals surface area contributed by atoms with Gasteiger partial charge in [-0.3, -0.25) is 4.79 Å². The van der Waals surface area contributed by atoms with Crippen LogP contribution in [0.15, 0.2) is 10.7 Å². The summed E-state index contributed by atoms with van der Waals surface area (Å²) in [7, 11) is 0. The molecule has 1 atom stereocenters. The summed E-state index contributed by atoms with van der Waals surface area (Å²) in [5.74, 6) is -0.0996. The molecule has 0 saturated heterocycles. The number of aromatic nitrogens is 2. The molecule has 0 spiro atoms. The van der Waals surface area contributed by atoms with E-state index < -0.39 is 11.5 Å². The Labute approximate surface area is 103 Å².